The summed E-state index contributed by atoms with van der Waals surface area (Å²) in [5, 5.41) is 0. The fourth-order valence-corrected chi connectivity index (χ4v) is 17.4. The van der Waals surface area contributed by atoms with Crippen LogP contribution < -0.4 is 0 Å². The van der Waals surface area contributed by atoms with Crippen LogP contribution in [0.2, 0.25) is 0 Å². The summed E-state index contributed by atoms with van der Waals surface area (Å²) in [5.41, 5.74) is 47.2. The molecule has 8 aromatic heterocycles. The Morgan fingerprint density at radius 2 is 0.305 bits per heavy atom. The van der Waals surface area contributed by atoms with Gasteiger partial charge in [0.05, 0.1) is 0 Å². The predicted octanol–water partition coefficient (Wildman–Crippen LogP) is 17.2. The quantitative estimate of drug-likeness (QED) is 0.0393. The molecule has 442 valence electrons. The molecule has 10 heterocycles. The average molecular weight is 1110 g/mol. The molecule has 0 amide bonds. The van der Waals surface area contributed by atoms with Crippen LogP contribution in [0.15, 0.2) is 0 Å². The molecule has 2 aliphatic heterocycles. The topological polar surface area (TPSA) is 126 Å². The molecule has 0 saturated heterocycles. The van der Waals surface area contributed by atoms with Crippen molar-refractivity contribution in [2.75, 3.05) is 0 Å². The van der Waals surface area contributed by atoms with Gasteiger partial charge in [0, 0.05) is 141 Å². The third-order valence-electron chi connectivity index (χ3n) is 20.9. The van der Waals surface area contributed by atoms with Crippen LogP contribution in [0.1, 0.15) is 316 Å². The molecule has 82 heavy (non-hydrogen) atoms. The van der Waals surface area contributed by atoms with Crippen molar-refractivity contribution in [1.29, 1.82) is 0 Å². The monoisotopic (exact) mass is 1110 g/mol. The van der Waals surface area contributed by atoms with Crippen LogP contribution in [0.3, 0.4) is 0 Å². The summed E-state index contributed by atoms with van der Waals surface area (Å²) < 4.78 is 0. The zero-order valence-corrected chi connectivity index (χ0v) is 54.1. The standard InChI is InChI=1S/C74H106N8/c1-17-41-45(21-5)63-37-67-49(25-9)53(29-13)71(79-67)57(72-54(30-14)50(26-10)68(80-72)38-64-46(22-6)42(18-2)60(76-64)35-59(41)75-63)33-34-58-73-55(31-15)51(27-11)69(81-73)39-65-47(23-7)43(19-3)61(77-65)36-62-44(20-4)48(24-8)66(78-62)40-70-52(28-12)56(32-16)74(58)82-70/h57-58,75-82H,17-40H2,1-16H3. The summed E-state index contributed by atoms with van der Waals surface area (Å²) in [7, 11) is 0. The first kappa shape index (κ1) is 59.4. The summed E-state index contributed by atoms with van der Waals surface area (Å²) >= 11 is 0. The first-order chi connectivity index (χ1) is 39.9. The summed E-state index contributed by atoms with van der Waals surface area (Å²) in [4.78, 5) is 34.4. The number of rotatable bonds is 19. The summed E-state index contributed by atoms with van der Waals surface area (Å²) in [5.74, 6) is 0.292. The van der Waals surface area contributed by atoms with Gasteiger partial charge in [-0.15, -0.1) is 0 Å². The van der Waals surface area contributed by atoms with Crippen LogP contribution in [0.5, 0.6) is 0 Å². The second-order valence-corrected chi connectivity index (χ2v) is 24.5. The Morgan fingerprint density at radius 1 is 0.183 bits per heavy atom. The Balaban J connectivity index is 1.23. The van der Waals surface area contributed by atoms with Gasteiger partial charge < -0.3 is 39.9 Å². The number of fused-ring (bicyclic) bond motifs is 16. The molecule has 0 saturated carbocycles. The van der Waals surface area contributed by atoms with Gasteiger partial charge in [0.1, 0.15) is 0 Å². The van der Waals surface area contributed by atoms with E-state index in [1.54, 1.807) is 0 Å². The zero-order chi connectivity index (χ0) is 58.3. The van der Waals surface area contributed by atoms with Gasteiger partial charge in [0.15, 0.2) is 0 Å². The van der Waals surface area contributed by atoms with Gasteiger partial charge in [-0.2, -0.15) is 0 Å². The Kier molecular flexibility index (Phi) is 18.3. The number of hydrogen-bond donors (Lipinski definition) is 8. The van der Waals surface area contributed by atoms with E-state index in [-0.39, 0.29) is 11.8 Å². The largest absolute Gasteiger partial charge is 0.361 e. The maximum Gasteiger partial charge on any atom is 0.0398 e. The van der Waals surface area contributed by atoms with Gasteiger partial charge in [-0.25, -0.2) is 0 Å². The Morgan fingerprint density at radius 3 is 0.439 bits per heavy atom. The molecule has 0 atom stereocenters. The number of aromatic amines is 8. The molecule has 0 spiro atoms. The number of H-pyrrole nitrogens is 8. The highest BCUT2D eigenvalue weighted by Gasteiger charge is 2.35. The molecule has 2 aliphatic rings. The fourth-order valence-electron chi connectivity index (χ4n) is 17.4. The second-order valence-electron chi connectivity index (χ2n) is 24.5. The lowest BCUT2D eigenvalue weighted by Crippen LogP contribution is -2.13. The summed E-state index contributed by atoms with van der Waals surface area (Å²) in [6.07, 6.45) is 23.8. The van der Waals surface area contributed by atoms with E-state index in [4.69, 9.17) is 0 Å². The lowest BCUT2D eigenvalue weighted by Gasteiger charge is -2.24. The molecule has 10 rings (SSSR count). The third-order valence-corrected chi connectivity index (χ3v) is 20.9. The summed E-state index contributed by atoms with van der Waals surface area (Å²) in [6, 6.07) is 0. The van der Waals surface area contributed by atoms with Gasteiger partial charge in [-0.1, -0.05) is 111 Å². The van der Waals surface area contributed by atoms with Crippen molar-refractivity contribution in [1.82, 2.24) is 39.9 Å². The Hall–Kier alpha value is -5.76. The Labute approximate surface area is 494 Å². The van der Waals surface area contributed by atoms with E-state index in [9.17, 15) is 0 Å². The van der Waals surface area contributed by atoms with Crippen molar-refractivity contribution < 1.29 is 0 Å². The molecule has 8 nitrogen and oxygen atoms in total. The molecule has 0 radical (unpaired) electrons. The van der Waals surface area contributed by atoms with E-state index in [1.807, 2.05) is 0 Å². The second kappa shape index (κ2) is 25.2. The maximum absolute atomic E-state index is 4.42. The molecule has 8 heteroatoms. The molecule has 0 aromatic carbocycles. The SMILES string of the molecule is CCc1c2[nH]c(c1CC)Cc1[nH]c(c(CC)c1CC)C(CCC1c3[nH]c(c(CC)c3CC)Cc3[nH]c(c(CC)c3CC)Cc3[nH]c(c(CC)c3CC)Cc3[nH]c1c(CC)c3CC)c1[nH]c(c(CC)c1CC)Cc1[nH]c(c(CC)c1CC)C2. The van der Waals surface area contributed by atoms with Gasteiger partial charge in [0.25, 0.3) is 0 Å². The molecule has 8 aromatic rings. The minimum Gasteiger partial charge on any atom is -0.361 e. The fraction of sp³-hybridized carbons (Fsp3) is 0.568. The van der Waals surface area contributed by atoms with E-state index < -0.39 is 0 Å². The Bertz CT molecular complexity index is 3070. The minimum absolute atomic E-state index is 0.146. The number of hydrogen-bond acceptors (Lipinski definition) is 0. The van der Waals surface area contributed by atoms with Gasteiger partial charge in [-0.05, 0) is 205 Å². The van der Waals surface area contributed by atoms with Crippen LogP contribution in [-0.4, -0.2) is 39.9 Å². The molecule has 16 bridgehead atoms. The molecular weight excluding hydrogens is 1000 g/mol. The highest BCUT2D eigenvalue weighted by atomic mass is 14.9. The minimum atomic E-state index is 0.146. The summed E-state index contributed by atoms with van der Waals surface area (Å²) in [6.45, 7) is 38.3. The third kappa shape index (κ3) is 10.0. The first-order valence-corrected chi connectivity index (χ1v) is 33.7. The van der Waals surface area contributed by atoms with Crippen molar-refractivity contribution in [3.63, 3.8) is 0 Å². The lowest BCUT2D eigenvalue weighted by molar-refractivity contribution is 0.572. The van der Waals surface area contributed by atoms with Gasteiger partial charge in [0.2, 0.25) is 0 Å². The lowest BCUT2D eigenvalue weighted by atomic mass is 9.82. The van der Waals surface area contributed by atoms with Crippen LogP contribution in [0.25, 0.3) is 0 Å². The molecule has 0 fully saturated rings. The molecular formula is C74H106N8. The van der Waals surface area contributed by atoms with Crippen LogP contribution in [0, 0.1) is 0 Å². The van der Waals surface area contributed by atoms with E-state index in [0.29, 0.717) is 0 Å². The van der Waals surface area contributed by atoms with E-state index >= 15 is 0 Å². The molecule has 8 N–H and O–H groups in total. The number of aromatic nitrogens is 8. The van der Waals surface area contributed by atoms with Crippen molar-refractivity contribution in [3.05, 3.63) is 180 Å². The van der Waals surface area contributed by atoms with Gasteiger partial charge >= 0.3 is 0 Å². The van der Waals surface area contributed by atoms with Gasteiger partial charge in [-0.3, -0.25) is 0 Å². The van der Waals surface area contributed by atoms with E-state index in [1.165, 1.54) is 180 Å². The van der Waals surface area contributed by atoms with Crippen LogP contribution >= 0.6 is 0 Å². The molecule has 0 unspecified atom stereocenters. The molecule has 0 aliphatic carbocycles. The van der Waals surface area contributed by atoms with Crippen molar-refractivity contribution in [3.8, 4) is 0 Å². The van der Waals surface area contributed by atoms with E-state index in [2.05, 4.69) is 151 Å². The zero-order valence-electron chi connectivity index (χ0n) is 54.1. The highest BCUT2D eigenvalue weighted by molar-refractivity contribution is 5.54. The van der Waals surface area contributed by atoms with Crippen molar-refractivity contribution in [2.24, 2.45) is 0 Å². The van der Waals surface area contributed by atoms with Crippen LogP contribution in [-0.2, 0) is 141 Å². The smallest absolute Gasteiger partial charge is 0.0398 e. The van der Waals surface area contributed by atoms with Crippen molar-refractivity contribution >= 4 is 0 Å². The maximum atomic E-state index is 4.42. The van der Waals surface area contributed by atoms with Crippen molar-refractivity contribution in [2.45, 2.75) is 277 Å². The van der Waals surface area contributed by atoms with Crippen LogP contribution in [0.4, 0.5) is 0 Å². The number of nitrogens with one attached hydrogen (secondary N) is 8. The highest BCUT2D eigenvalue weighted by Crippen LogP contribution is 2.46. The first-order valence-electron chi connectivity index (χ1n) is 33.7. The van der Waals surface area contributed by atoms with E-state index in [0.717, 1.165) is 154 Å². The predicted molar refractivity (Wildman–Crippen MR) is 346 cm³/mol. The average Bonchev–Trinajstić information content (AvgIpc) is 3.87. The normalized spacial score (nSPS) is 14.1.